The van der Waals surface area contributed by atoms with E-state index in [2.05, 4.69) is 5.32 Å². The summed E-state index contributed by atoms with van der Waals surface area (Å²) < 4.78 is 28.2. The van der Waals surface area contributed by atoms with Crippen molar-refractivity contribution in [3.8, 4) is 0 Å². The lowest BCUT2D eigenvalue weighted by molar-refractivity contribution is 0.0250. The summed E-state index contributed by atoms with van der Waals surface area (Å²) in [4.78, 5) is 13.8. The summed E-state index contributed by atoms with van der Waals surface area (Å²) in [5, 5.41) is 3.35. The normalized spacial score (nSPS) is 18.9. The molecule has 0 aromatic rings. The van der Waals surface area contributed by atoms with E-state index in [9.17, 15) is 13.2 Å². The number of carbonyl (C=O) groups excluding carboxylic acids is 1. The SMILES string of the molecule is CCCN(CCNC1CCS(=O)(=O)CC1)C(=O)OC(C)(C)C. The van der Waals surface area contributed by atoms with Gasteiger partial charge in [-0.15, -0.1) is 0 Å². The van der Waals surface area contributed by atoms with E-state index in [1.807, 2.05) is 27.7 Å². The maximum Gasteiger partial charge on any atom is 0.410 e. The molecule has 0 radical (unpaired) electrons. The molecule has 1 aliphatic heterocycles. The number of hydrogen-bond donors (Lipinski definition) is 1. The van der Waals surface area contributed by atoms with Crippen LogP contribution in [0.1, 0.15) is 47.0 Å². The maximum absolute atomic E-state index is 12.1. The lowest BCUT2D eigenvalue weighted by atomic mass is 10.1. The van der Waals surface area contributed by atoms with Crippen LogP contribution >= 0.6 is 0 Å². The second kappa shape index (κ2) is 8.15. The first kappa shape index (κ1) is 19.2. The van der Waals surface area contributed by atoms with Crippen molar-refractivity contribution >= 4 is 15.9 Å². The number of hydrogen-bond acceptors (Lipinski definition) is 5. The molecule has 1 aliphatic rings. The number of rotatable bonds is 6. The van der Waals surface area contributed by atoms with Crippen molar-refractivity contribution in [2.45, 2.75) is 58.6 Å². The molecule has 0 aliphatic carbocycles. The van der Waals surface area contributed by atoms with Crippen molar-refractivity contribution in [2.75, 3.05) is 31.1 Å². The summed E-state index contributed by atoms with van der Waals surface area (Å²) in [6, 6.07) is 0.227. The van der Waals surface area contributed by atoms with Gasteiger partial charge in [-0.2, -0.15) is 0 Å². The molecule has 1 saturated heterocycles. The summed E-state index contributed by atoms with van der Waals surface area (Å²) >= 11 is 0. The Balaban J connectivity index is 2.37. The lowest BCUT2D eigenvalue weighted by Crippen LogP contribution is -2.44. The average molecular weight is 334 g/mol. The Morgan fingerprint density at radius 1 is 1.23 bits per heavy atom. The molecule has 0 aromatic heterocycles. The van der Waals surface area contributed by atoms with Crippen LogP contribution in [0.2, 0.25) is 0 Å². The van der Waals surface area contributed by atoms with Crippen molar-refractivity contribution in [1.82, 2.24) is 10.2 Å². The van der Waals surface area contributed by atoms with Crippen LogP contribution in [-0.2, 0) is 14.6 Å². The van der Waals surface area contributed by atoms with Gasteiger partial charge in [0.05, 0.1) is 11.5 Å². The van der Waals surface area contributed by atoms with Gasteiger partial charge in [0, 0.05) is 25.7 Å². The Bertz CT molecular complexity index is 443. The molecular weight excluding hydrogens is 304 g/mol. The molecule has 0 unspecified atom stereocenters. The largest absolute Gasteiger partial charge is 0.444 e. The van der Waals surface area contributed by atoms with Crippen LogP contribution in [0.15, 0.2) is 0 Å². The molecule has 1 fully saturated rings. The Kier molecular flexibility index (Phi) is 7.12. The first-order chi connectivity index (χ1) is 10.1. The molecule has 0 saturated carbocycles. The third-order valence-corrected chi connectivity index (χ3v) is 5.23. The fraction of sp³-hybridized carbons (Fsp3) is 0.933. The fourth-order valence-corrected chi connectivity index (χ4v) is 3.88. The lowest BCUT2D eigenvalue weighted by Gasteiger charge is -2.28. The van der Waals surface area contributed by atoms with Gasteiger partial charge in [-0.1, -0.05) is 6.92 Å². The van der Waals surface area contributed by atoms with Crippen molar-refractivity contribution in [3.05, 3.63) is 0 Å². The zero-order valence-electron chi connectivity index (χ0n) is 14.2. The van der Waals surface area contributed by atoms with E-state index in [-0.39, 0.29) is 23.6 Å². The van der Waals surface area contributed by atoms with E-state index in [0.717, 1.165) is 6.42 Å². The van der Waals surface area contributed by atoms with Crippen molar-refractivity contribution in [2.24, 2.45) is 0 Å². The molecule has 1 rings (SSSR count). The van der Waals surface area contributed by atoms with Crippen LogP contribution in [0.25, 0.3) is 0 Å². The average Bonchev–Trinajstić information content (AvgIpc) is 2.37. The summed E-state index contributed by atoms with van der Waals surface area (Å²) in [5.41, 5.74) is -0.492. The van der Waals surface area contributed by atoms with Crippen LogP contribution in [0.5, 0.6) is 0 Å². The van der Waals surface area contributed by atoms with E-state index in [4.69, 9.17) is 4.74 Å². The fourth-order valence-electron chi connectivity index (χ4n) is 2.39. The Morgan fingerprint density at radius 2 is 1.82 bits per heavy atom. The standard InChI is InChI=1S/C15H30N2O4S/c1-5-9-17(14(18)21-15(2,3)4)10-8-16-13-6-11-22(19,20)12-7-13/h13,16H,5-12H2,1-4H3. The van der Waals surface area contributed by atoms with E-state index in [1.165, 1.54) is 0 Å². The first-order valence-electron chi connectivity index (χ1n) is 8.04. The molecule has 130 valence electrons. The van der Waals surface area contributed by atoms with E-state index >= 15 is 0 Å². The van der Waals surface area contributed by atoms with Crippen molar-refractivity contribution < 1.29 is 17.9 Å². The van der Waals surface area contributed by atoms with Gasteiger partial charge < -0.3 is 15.0 Å². The number of sulfone groups is 1. The van der Waals surface area contributed by atoms with Gasteiger partial charge in [-0.05, 0) is 40.0 Å². The van der Waals surface area contributed by atoms with Gasteiger partial charge in [0.15, 0.2) is 0 Å². The number of carbonyl (C=O) groups is 1. The van der Waals surface area contributed by atoms with Gasteiger partial charge in [-0.3, -0.25) is 0 Å². The number of nitrogens with one attached hydrogen (secondary N) is 1. The first-order valence-corrected chi connectivity index (χ1v) is 9.87. The predicted octanol–water partition coefficient (Wildman–Crippen LogP) is 1.80. The summed E-state index contributed by atoms with van der Waals surface area (Å²) in [6.07, 6.45) is 1.90. The second-order valence-corrected chi connectivity index (χ2v) is 9.15. The Hall–Kier alpha value is -0.820. The van der Waals surface area contributed by atoms with Crippen LogP contribution in [-0.4, -0.2) is 62.2 Å². The zero-order chi connectivity index (χ0) is 16.8. The monoisotopic (exact) mass is 334 g/mol. The third-order valence-electron chi connectivity index (χ3n) is 3.51. The third kappa shape index (κ3) is 7.45. The molecule has 1 N–H and O–H groups in total. The molecule has 7 heteroatoms. The zero-order valence-corrected chi connectivity index (χ0v) is 15.0. The minimum Gasteiger partial charge on any atom is -0.444 e. The molecule has 0 atom stereocenters. The molecule has 22 heavy (non-hydrogen) atoms. The Morgan fingerprint density at radius 3 is 2.32 bits per heavy atom. The van der Waals surface area contributed by atoms with Crippen LogP contribution in [0, 0.1) is 0 Å². The quantitative estimate of drug-likeness (QED) is 0.801. The van der Waals surface area contributed by atoms with Gasteiger partial charge in [0.2, 0.25) is 0 Å². The van der Waals surface area contributed by atoms with Gasteiger partial charge in [0.1, 0.15) is 15.4 Å². The van der Waals surface area contributed by atoms with Crippen LogP contribution in [0.3, 0.4) is 0 Å². The predicted molar refractivity (Wildman–Crippen MR) is 87.8 cm³/mol. The number of amides is 1. The molecule has 1 amide bonds. The summed E-state index contributed by atoms with van der Waals surface area (Å²) in [6.45, 7) is 9.49. The van der Waals surface area contributed by atoms with Gasteiger partial charge in [-0.25, -0.2) is 13.2 Å². The molecule has 0 bridgehead atoms. The van der Waals surface area contributed by atoms with Crippen molar-refractivity contribution in [3.63, 3.8) is 0 Å². The van der Waals surface area contributed by atoms with Gasteiger partial charge in [0.25, 0.3) is 0 Å². The molecular formula is C15H30N2O4S. The molecule has 1 heterocycles. The van der Waals surface area contributed by atoms with E-state index in [1.54, 1.807) is 4.90 Å². The Labute approximate surface area is 134 Å². The number of nitrogens with zero attached hydrogens (tertiary/aromatic N) is 1. The van der Waals surface area contributed by atoms with Crippen molar-refractivity contribution in [1.29, 1.82) is 0 Å². The highest BCUT2D eigenvalue weighted by Gasteiger charge is 2.24. The highest BCUT2D eigenvalue weighted by molar-refractivity contribution is 7.91. The topological polar surface area (TPSA) is 75.7 Å². The smallest absolute Gasteiger partial charge is 0.410 e. The summed E-state index contributed by atoms with van der Waals surface area (Å²) in [7, 11) is -2.82. The molecule has 0 spiro atoms. The number of ether oxygens (including phenoxy) is 1. The van der Waals surface area contributed by atoms with Gasteiger partial charge >= 0.3 is 6.09 Å². The minimum atomic E-state index is -2.82. The van der Waals surface area contributed by atoms with Crippen LogP contribution in [0.4, 0.5) is 4.79 Å². The van der Waals surface area contributed by atoms with Crippen LogP contribution < -0.4 is 5.32 Å². The van der Waals surface area contributed by atoms with E-state index in [0.29, 0.717) is 32.5 Å². The second-order valence-electron chi connectivity index (χ2n) is 6.85. The minimum absolute atomic E-state index is 0.227. The molecule has 6 nitrogen and oxygen atoms in total. The highest BCUT2D eigenvalue weighted by Crippen LogP contribution is 2.12. The van der Waals surface area contributed by atoms with E-state index < -0.39 is 15.4 Å². The highest BCUT2D eigenvalue weighted by atomic mass is 32.2. The summed E-state index contributed by atoms with van der Waals surface area (Å²) in [5.74, 6) is 0.519. The molecule has 0 aromatic carbocycles. The maximum atomic E-state index is 12.1.